The highest BCUT2D eigenvalue weighted by molar-refractivity contribution is 5.78. The van der Waals surface area contributed by atoms with Gasteiger partial charge >= 0.3 is 0 Å². The number of hydrogen-bond donors (Lipinski definition) is 1. The highest BCUT2D eigenvalue weighted by atomic mass is 19.1. The average Bonchev–Trinajstić information content (AvgIpc) is 3.01. The second-order valence-corrected chi connectivity index (χ2v) is 4.82. The van der Waals surface area contributed by atoms with Crippen LogP contribution in [0, 0.1) is 5.82 Å². The molecule has 3 rings (SSSR count). The number of carbonyl (C=O) groups is 1. The van der Waals surface area contributed by atoms with Crippen LogP contribution in [0.3, 0.4) is 0 Å². The van der Waals surface area contributed by atoms with Gasteiger partial charge in [0.15, 0.2) is 5.82 Å². The van der Waals surface area contributed by atoms with Gasteiger partial charge in [0.25, 0.3) is 0 Å². The smallest absolute Gasteiger partial charge is 0.230 e. The minimum atomic E-state index is -0.232. The second-order valence-electron chi connectivity index (χ2n) is 4.82. The quantitative estimate of drug-likeness (QED) is 0.875. The lowest BCUT2D eigenvalue weighted by Crippen LogP contribution is -2.49. The predicted octanol–water partition coefficient (Wildman–Crippen LogP) is 0.230. The topological polar surface area (TPSA) is 78.0 Å². The number of para-hydroxylation sites is 1. The Morgan fingerprint density at radius 3 is 2.67 bits per heavy atom. The molecule has 0 radical (unpaired) electrons. The SMILES string of the molecule is O=C(Cc1nn[nH]n1)N1CCN(c2ccccc2F)CC1. The van der Waals surface area contributed by atoms with Gasteiger partial charge in [-0.2, -0.15) is 5.21 Å². The van der Waals surface area contributed by atoms with E-state index in [2.05, 4.69) is 20.6 Å². The summed E-state index contributed by atoms with van der Waals surface area (Å²) in [6.07, 6.45) is 0.135. The van der Waals surface area contributed by atoms with E-state index >= 15 is 0 Å². The maximum absolute atomic E-state index is 13.7. The first-order valence-corrected chi connectivity index (χ1v) is 6.73. The van der Waals surface area contributed by atoms with Gasteiger partial charge in [-0.05, 0) is 12.1 Å². The molecule has 2 aromatic rings. The second kappa shape index (κ2) is 5.86. The van der Waals surface area contributed by atoms with Crippen molar-refractivity contribution in [1.82, 2.24) is 25.5 Å². The molecule has 0 bridgehead atoms. The van der Waals surface area contributed by atoms with Gasteiger partial charge in [0, 0.05) is 26.2 Å². The van der Waals surface area contributed by atoms with E-state index in [0.29, 0.717) is 37.7 Å². The summed E-state index contributed by atoms with van der Waals surface area (Å²) in [7, 11) is 0. The Hall–Kier alpha value is -2.51. The van der Waals surface area contributed by atoms with Gasteiger partial charge in [0.05, 0.1) is 12.1 Å². The van der Waals surface area contributed by atoms with Crippen LogP contribution in [0.25, 0.3) is 0 Å². The van der Waals surface area contributed by atoms with E-state index < -0.39 is 0 Å². The van der Waals surface area contributed by atoms with Gasteiger partial charge in [-0.25, -0.2) is 4.39 Å². The van der Waals surface area contributed by atoms with E-state index in [4.69, 9.17) is 0 Å². The fourth-order valence-corrected chi connectivity index (χ4v) is 2.41. The van der Waals surface area contributed by atoms with Crippen molar-refractivity contribution in [3.05, 3.63) is 35.9 Å². The summed E-state index contributed by atoms with van der Waals surface area (Å²) in [5, 5.41) is 13.3. The molecule has 110 valence electrons. The van der Waals surface area contributed by atoms with E-state index in [1.807, 2.05) is 11.0 Å². The van der Waals surface area contributed by atoms with E-state index in [1.165, 1.54) is 6.07 Å². The molecule has 0 aliphatic carbocycles. The number of halogens is 1. The number of H-pyrrole nitrogens is 1. The Morgan fingerprint density at radius 2 is 2.00 bits per heavy atom. The molecule has 0 unspecified atom stereocenters. The largest absolute Gasteiger partial charge is 0.366 e. The van der Waals surface area contributed by atoms with E-state index in [-0.39, 0.29) is 18.1 Å². The van der Waals surface area contributed by atoms with Crippen molar-refractivity contribution in [1.29, 1.82) is 0 Å². The number of benzene rings is 1. The zero-order chi connectivity index (χ0) is 14.7. The number of nitrogens with zero attached hydrogens (tertiary/aromatic N) is 5. The van der Waals surface area contributed by atoms with Crippen molar-refractivity contribution in [2.75, 3.05) is 31.1 Å². The monoisotopic (exact) mass is 290 g/mol. The minimum absolute atomic E-state index is 0.0374. The molecule has 0 spiro atoms. The number of tetrazole rings is 1. The lowest BCUT2D eigenvalue weighted by atomic mass is 10.2. The minimum Gasteiger partial charge on any atom is -0.366 e. The number of amides is 1. The molecular weight excluding hydrogens is 275 g/mol. The maximum atomic E-state index is 13.7. The lowest BCUT2D eigenvalue weighted by molar-refractivity contribution is -0.130. The summed E-state index contributed by atoms with van der Waals surface area (Å²) < 4.78 is 13.7. The van der Waals surface area contributed by atoms with Crippen molar-refractivity contribution in [3.63, 3.8) is 0 Å². The molecule has 1 aliphatic rings. The van der Waals surface area contributed by atoms with Crippen LogP contribution >= 0.6 is 0 Å². The van der Waals surface area contributed by atoms with Crippen LogP contribution in [0.4, 0.5) is 10.1 Å². The Kier molecular flexibility index (Phi) is 3.76. The van der Waals surface area contributed by atoms with Crippen LogP contribution in [-0.4, -0.2) is 57.6 Å². The van der Waals surface area contributed by atoms with Gasteiger partial charge in [-0.1, -0.05) is 17.3 Å². The van der Waals surface area contributed by atoms with Crippen LogP contribution in [0.5, 0.6) is 0 Å². The highest BCUT2D eigenvalue weighted by Gasteiger charge is 2.23. The molecule has 1 aliphatic heterocycles. The molecule has 0 saturated carbocycles. The Morgan fingerprint density at radius 1 is 1.24 bits per heavy atom. The Bertz CT molecular complexity index is 609. The number of anilines is 1. The number of nitrogens with one attached hydrogen (secondary N) is 1. The molecule has 1 amide bonds. The number of aromatic amines is 1. The molecule has 1 aromatic heterocycles. The molecule has 8 heteroatoms. The molecule has 1 aromatic carbocycles. The fraction of sp³-hybridized carbons (Fsp3) is 0.385. The molecular formula is C13H15FN6O. The molecule has 0 atom stereocenters. The average molecular weight is 290 g/mol. The molecule has 7 nitrogen and oxygen atoms in total. The van der Waals surface area contributed by atoms with Crippen molar-refractivity contribution in [2.45, 2.75) is 6.42 Å². The first-order chi connectivity index (χ1) is 10.2. The number of hydrogen-bond acceptors (Lipinski definition) is 5. The zero-order valence-corrected chi connectivity index (χ0v) is 11.4. The summed E-state index contributed by atoms with van der Waals surface area (Å²) >= 11 is 0. The van der Waals surface area contributed by atoms with Crippen LogP contribution < -0.4 is 4.90 Å². The highest BCUT2D eigenvalue weighted by Crippen LogP contribution is 2.20. The van der Waals surface area contributed by atoms with Gasteiger partial charge in [0.2, 0.25) is 5.91 Å². The first kappa shape index (κ1) is 13.5. The molecule has 1 saturated heterocycles. The summed E-state index contributed by atoms with van der Waals surface area (Å²) in [4.78, 5) is 15.8. The number of carbonyl (C=O) groups excluding carboxylic acids is 1. The Balaban J connectivity index is 1.58. The third-order valence-electron chi connectivity index (χ3n) is 3.52. The van der Waals surface area contributed by atoms with Crippen LogP contribution in [0.1, 0.15) is 5.82 Å². The standard InChI is InChI=1S/C13H15FN6O/c14-10-3-1-2-4-11(10)19-5-7-20(8-6-19)13(21)9-12-15-17-18-16-12/h1-4H,5-9H2,(H,15,16,17,18). The summed E-state index contributed by atoms with van der Waals surface area (Å²) in [5.74, 6) is 0.116. The molecule has 2 heterocycles. The predicted molar refractivity (Wildman–Crippen MR) is 73.1 cm³/mol. The molecule has 21 heavy (non-hydrogen) atoms. The van der Waals surface area contributed by atoms with Gasteiger partial charge in [-0.15, -0.1) is 10.2 Å². The first-order valence-electron chi connectivity index (χ1n) is 6.73. The maximum Gasteiger partial charge on any atom is 0.230 e. The van der Waals surface area contributed by atoms with Gasteiger partial charge < -0.3 is 9.80 Å². The van der Waals surface area contributed by atoms with Crippen LogP contribution in [0.2, 0.25) is 0 Å². The lowest BCUT2D eigenvalue weighted by Gasteiger charge is -2.36. The number of rotatable bonds is 3. The van der Waals surface area contributed by atoms with E-state index in [1.54, 1.807) is 17.0 Å². The van der Waals surface area contributed by atoms with Crippen LogP contribution in [0.15, 0.2) is 24.3 Å². The summed E-state index contributed by atoms with van der Waals surface area (Å²) in [6, 6.07) is 6.69. The van der Waals surface area contributed by atoms with Crippen LogP contribution in [-0.2, 0) is 11.2 Å². The van der Waals surface area contributed by atoms with E-state index in [0.717, 1.165) is 0 Å². The number of aromatic nitrogens is 4. The van der Waals surface area contributed by atoms with Crippen molar-refractivity contribution >= 4 is 11.6 Å². The molecule has 1 fully saturated rings. The van der Waals surface area contributed by atoms with Gasteiger partial charge in [-0.3, -0.25) is 4.79 Å². The van der Waals surface area contributed by atoms with Crippen molar-refractivity contribution < 1.29 is 9.18 Å². The zero-order valence-electron chi connectivity index (χ0n) is 11.4. The summed E-state index contributed by atoms with van der Waals surface area (Å²) in [5.41, 5.74) is 0.586. The van der Waals surface area contributed by atoms with Crippen molar-refractivity contribution in [3.8, 4) is 0 Å². The fourth-order valence-electron chi connectivity index (χ4n) is 2.41. The molecule has 1 N–H and O–H groups in total. The van der Waals surface area contributed by atoms with Crippen molar-refractivity contribution in [2.24, 2.45) is 0 Å². The number of piperazine rings is 1. The Labute approximate surface area is 120 Å². The normalized spacial score (nSPS) is 15.3. The van der Waals surface area contributed by atoms with Gasteiger partial charge in [0.1, 0.15) is 5.82 Å². The van der Waals surface area contributed by atoms with E-state index in [9.17, 15) is 9.18 Å². The third-order valence-corrected chi connectivity index (χ3v) is 3.52. The third kappa shape index (κ3) is 2.99. The summed E-state index contributed by atoms with van der Waals surface area (Å²) in [6.45, 7) is 2.34.